The molecule has 0 N–H and O–H groups in total. The minimum absolute atomic E-state index is 0.0201. The Bertz CT molecular complexity index is 1010. The van der Waals surface area contributed by atoms with Crippen molar-refractivity contribution in [2.75, 3.05) is 18.6 Å². The molecule has 7 heteroatoms. The van der Waals surface area contributed by atoms with E-state index in [0.717, 1.165) is 5.69 Å². The SMILES string of the molecule is CCOC(=O)/C(=C/C=C1\Oc2ccccc2N1C)S(=O)(=O)c1ccccc1. The fraction of sp³-hybridized carbons (Fsp3) is 0.150. The summed E-state index contributed by atoms with van der Waals surface area (Å²) in [5.41, 5.74) is 0.848. The highest BCUT2D eigenvalue weighted by molar-refractivity contribution is 7.96. The average Bonchev–Trinajstić information content (AvgIpc) is 2.99. The lowest BCUT2D eigenvalue weighted by Crippen LogP contribution is -2.17. The summed E-state index contributed by atoms with van der Waals surface area (Å²) in [6, 6.07) is 15.2. The molecule has 140 valence electrons. The lowest BCUT2D eigenvalue weighted by Gasteiger charge is -2.11. The molecule has 0 spiro atoms. The third-order valence-corrected chi connectivity index (χ3v) is 5.74. The summed E-state index contributed by atoms with van der Waals surface area (Å²) in [5, 5.41) is 0. The van der Waals surface area contributed by atoms with Crippen molar-refractivity contribution < 1.29 is 22.7 Å². The van der Waals surface area contributed by atoms with E-state index in [1.807, 2.05) is 24.3 Å². The van der Waals surface area contributed by atoms with Gasteiger partial charge in [-0.2, -0.15) is 0 Å². The largest absolute Gasteiger partial charge is 0.462 e. The number of carbonyl (C=O) groups excluding carboxylic acids is 1. The van der Waals surface area contributed by atoms with E-state index in [1.165, 1.54) is 24.3 Å². The van der Waals surface area contributed by atoms with E-state index in [-0.39, 0.29) is 11.5 Å². The van der Waals surface area contributed by atoms with Crippen molar-refractivity contribution in [1.29, 1.82) is 0 Å². The molecule has 0 saturated heterocycles. The van der Waals surface area contributed by atoms with Crippen molar-refractivity contribution in [3.05, 3.63) is 77.5 Å². The normalized spacial score (nSPS) is 15.4. The van der Waals surface area contributed by atoms with Crippen LogP contribution >= 0.6 is 0 Å². The van der Waals surface area contributed by atoms with Gasteiger partial charge in [-0.25, -0.2) is 13.2 Å². The van der Waals surface area contributed by atoms with Crippen LogP contribution in [0.1, 0.15) is 6.92 Å². The number of para-hydroxylation sites is 2. The molecule has 0 atom stereocenters. The van der Waals surface area contributed by atoms with Gasteiger partial charge in [0.2, 0.25) is 9.84 Å². The Morgan fingerprint density at radius 1 is 1.11 bits per heavy atom. The molecule has 0 aromatic heterocycles. The number of sulfone groups is 1. The topological polar surface area (TPSA) is 72.9 Å². The van der Waals surface area contributed by atoms with E-state index >= 15 is 0 Å². The molecule has 1 aliphatic rings. The van der Waals surface area contributed by atoms with Crippen molar-refractivity contribution in [2.24, 2.45) is 0 Å². The molecule has 0 bridgehead atoms. The van der Waals surface area contributed by atoms with Gasteiger partial charge in [-0.1, -0.05) is 30.3 Å². The van der Waals surface area contributed by atoms with Crippen LogP contribution in [0.15, 0.2) is 82.4 Å². The van der Waals surface area contributed by atoms with Gasteiger partial charge >= 0.3 is 5.97 Å². The van der Waals surface area contributed by atoms with Crippen LogP contribution in [0.3, 0.4) is 0 Å². The number of rotatable bonds is 5. The van der Waals surface area contributed by atoms with Gasteiger partial charge in [0.15, 0.2) is 16.5 Å². The molecule has 0 saturated carbocycles. The van der Waals surface area contributed by atoms with Crippen LogP contribution in [-0.2, 0) is 19.4 Å². The summed E-state index contributed by atoms with van der Waals surface area (Å²) in [5.74, 6) is 0.154. The van der Waals surface area contributed by atoms with Gasteiger partial charge in [0, 0.05) is 13.1 Å². The van der Waals surface area contributed by atoms with Crippen LogP contribution in [0, 0.1) is 0 Å². The quantitative estimate of drug-likeness (QED) is 0.581. The number of allylic oxidation sites excluding steroid dienone is 2. The van der Waals surface area contributed by atoms with Crippen LogP contribution in [0.5, 0.6) is 5.75 Å². The molecule has 1 heterocycles. The summed E-state index contributed by atoms with van der Waals surface area (Å²) < 4.78 is 36.5. The van der Waals surface area contributed by atoms with Crippen LogP contribution in [0.2, 0.25) is 0 Å². The number of anilines is 1. The second kappa shape index (κ2) is 7.67. The highest BCUT2D eigenvalue weighted by Gasteiger charge is 2.28. The Balaban J connectivity index is 2.01. The molecule has 2 aromatic rings. The van der Waals surface area contributed by atoms with Crippen molar-refractivity contribution in [3.8, 4) is 5.75 Å². The summed E-state index contributed by atoms with van der Waals surface area (Å²) >= 11 is 0. The fourth-order valence-electron chi connectivity index (χ4n) is 2.61. The summed E-state index contributed by atoms with van der Waals surface area (Å²) in [7, 11) is -2.24. The number of benzene rings is 2. The molecule has 0 amide bonds. The number of hydrogen-bond donors (Lipinski definition) is 0. The molecular weight excluding hydrogens is 366 g/mol. The first kappa shape index (κ1) is 18.7. The van der Waals surface area contributed by atoms with Gasteiger partial charge in [0.1, 0.15) is 0 Å². The van der Waals surface area contributed by atoms with Gasteiger partial charge in [-0.3, -0.25) is 0 Å². The molecule has 0 aliphatic carbocycles. The van der Waals surface area contributed by atoms with Crippen molar-refractivity contribution in [3.63, 3.8) is 0 Å². The van der Waals surface area contributed by atoms with Gasteiger partial charge in [0.25, 0.3) is 0 Å². The molecule has 2 aromatic carbocycles. The van der Waals surface area contributed by atoms with E-state index in [1.54, 1.807) is 37.1 Å². The lowest BCUT2D eigenvalue weighted by atomic mass is 10.3. The number of nitrogens with zero attached hydrogens (tertiary/aromatic N) is 1. The summed E-state index contributed by atoms with van der Waals surface area (Å²) in [6.45, 7) is 1.69. The van der Waals surface area contributed by atoms with Gasteiger partial charge in [-0.15, -0.1) is 0 Å². The maximum atomic E-state index is 12.9. The first-order valence-electron chi connectivity index (χ1n) is 8.35. The van der Waals surface area contributed by atoms with Gasteiger partial charge in [-0.05, 0) is 37.3 Å². The molecule has 3 rings (SSSR count). The Kier molecular flexibility index (Phi) is 5.32. The second-order valence-electron chi connectivity index (χ2n) is 5.70. The van der Waals surface area contributed by atoms with Crippen molar-refractivity contribution >= 4 is 21.5 Å². The van der Waals surface area contributed by atoms with Crippen molar-refractivity contribution in [2.45, 2.75) is 11.8 Å². The molecular formula is C20H19NO5S. The highest BCUT2D eigenvalue weighted by Crippen LogP contribution is 2.37. The minimum atomic E-state index is -4.03. The fourth-order valence-corrected chi connectivity index (χ4v) is 3.90. The van der Waals surface area contributed by atoms with E-state index < -0.39 is 20.7 Å². The third-order valence-electron chi connectivity index (χ3n) is 3.97. The second-order valence-corrected chi connectivity index (χ2v) is 7.62. The Morgan fingerprint density at radius 3 is 2.44 bits per heavy atom. The van der Waals surface area contributed by atoms with E-state index in [2.05, 4.69) is 0 Å². The predicted molar refractivity (Wildman–Crippen MR) is 102 cm³/mol. The van der Waals surface area contributed by atoms with Crippen molar-refractivity contribution in [1.82, 2.24) is 0 Å². The number of ether oxygens (including phenoxy) is 2. The molecule has 6 nitrogen and oxygen atoms in total. The molecule has 27 heavy (non-hydrogen) atoms. The zero-order chi connectivity index (χ0) is 19.4. The monoisotopic (exact) mass is 385 g/mol. The first-order chi connectivity index (χ1) is 12.9. The van der Waals surface area contributed by atoms with E-state index in [0.29, 0.717) is 11.6 Å². The molecule has 0 radical (unpaired) electrons. The Hall–Kier alpha value is -3.06. The zero-order valence-corrected chi connectivity index (χ0v) is 15.8. The van der Waals surface area contributed by atoms with Crippen LogP contribution in [-0.4, -0.2) is 28.0 Å². The van der Waals surface area contributed by atoms with E-state index in [9.17, 15) is 13.2 Å². The third kappa shape index (κ3) is 3.73. The van der Waals surface area contributed by atoms with E-state index in [4.69, 9.17) is 9.47 Å². The summed E-state index contributed by atoms with van der Waals surface area (Å²) in [6.07, 6.45) is 2.67. The average molecular weight is 385 g/mol. The Morgan fingerprint density at radius 2 is 1.78 bits per heavy atom. The first-order valence-corrected chi connectivity index (χ1v) is 9.83. The molecule has 1 aliphatic heterocycles. The standard InChI is InChI=1S/C20H19NO5S/c1-3-25-20(22)18(27(23,24)15-9-5-4-6-10-15)13-14-19-21(2)16-11-7-8-12-17(16)26-19/h4-14H,3H2,1-2H3/b18-13-,19-14-. The Labute approximate surface area is 158 Å². The highest BCUT2D eigenvalue weighted by atomic mass is 32.2. The predicted octanol–water partition coefficient (Wildman–Crippen LogP) is 3.28. The van der Waals surface area contributed by atoms with Gasteiger partial charge in [0.05, 0.1) is 17.2 Å². The summed E-state index contributed by atoms with van der Waals surface area (Å²) in [4.78, 5) is 13.7. The van der Waals surface area contributed by atoms with Crippen LogP contribution < -0.4 is 9.64 Å². The molecule has 0 unspecified atom stereocenters. The van der Waals surface area contributed by atoms with Crippen LogP contribution in [0.25, 0.3) is 0 Å². The number of hydrogen-bond acceptors (Lipinski definition) is 6. The smallest absolute Gasteiger partial charge is 0.350 e. The number of esters is 1. The minimum Gasteiger partial charge on any atom is -0.462 e. The molecule has 0 fully saturated rings. The number of fused-ring (bicyclic) bond motifs is 1. The maximum absolute atomic E-state index is 12.9. The van der Waals surface area contributed by atoms with Gasteiger partial charge < -0.3 is 14.4 Å². The maximum Gasteiger partial charge on any atom is 0.350 e. The lowest BCUT2D eigenvalue weighted by molar-refractivity contribution is -0.137. The van der Waals surface area contributed by atoms with Crippen LogP contribution in [0.4, 0.5) is 5.69 Å². The number of carbonyl (C=O) groups is 1. The zero-order valence-electron chi connectivity index (χ0n) is 15.0.